The van der Waals surface area contributed by atoms with Crippen molar-refractivity contribution in [3.05, 3.63) is 83.9 Å². The smallest absolute Gasteiger partial charge is 0.167 e. The van der Waals surface area contributed by atoms with Gasteiger partial charge in [0.25, 0.3) is 0 Å². The van der Waals surface area contributed by atoms with Crippen molar-refractivity contribution < 1.29 is 9.90 Å². The summed E-state index contributed by atoms with van der Waals surface area (Å²) < 4.78 is 0. The van der Waals surface area contributed by atoms with Gasteiger partial charge >= 0.3 is 0 Å². The van der Waals surface area contributed by atoms with E-state index in [0.29, 0.717) is 6.42 Å². The Morgan fingerprint density at radius 2 is 1.47 bits per heavy atom. The van der Waals surface area contributed by atoms with Gasteiger partial charge < -0.3 is 21.1 Å². The molecule has 30 heavy (non-hydrogen) atoms. The molecule has 0 spiro atoms. The molecule has 1 heterocycles. The Labute approximate surface area is 177 Å². The minimum absolute atomic E-state index is 0.106. The fourth-order valence-electron chi connectivity index (χ4n) is 3.71. The van der Waals surface area contributed by atoms with Gasteiger partial charge in [-0.15, -0.1) is 0 Å². The van der Waals surface area contributed by atoms with Gasteiger partial charge in [0, 0.05) is 47.8 Å². The van der Waals surface area contributed by atoms with Gasteiger partial charge in [0.15, 0.2) is 5.78 Å². The monoisotopic (exact) mass is 401 g/mol. The number of carbonyl (C=O) groups is 1. The number of rotatable bonds is 6. The summed E-state index contributed by atoms with van der Waals surface area (Å²) in [7, 11) is 0. The van der Waals surface area contributed by atoms with Crippen molar-refractivity contribution in [3.63, 3.8) is 0 Å². The topological polar surface area (TPSA) is 78.6 Å². The van der Waals surface area contributed by atoms with Gasteiger partial charge in [-0.25, -0.2) is 0 Å². The summed E-state index contributed by atoms with van der Waals surface area (Å²) >= 11 is 0. The number of benzene rings is 3. The number of nitrogens with one attached hydrogen (secondary N) is 1. The molecule has 1 fully saturated rings. The zero-order valence-corrected chi connectivity index (χ0v) is 16.9. The number of nitrogen functional groups attached to an aromatic ring is 1. The molecule has 3 aromatic rings. The molecule has 0 radical (unpaired) electrons. The highest BCUT2D eigenvalue weighted by Crippen LogP contribution is 2.22. The standard InChI is InChI=1S/C25H27N3O2/c26-20-5-9-22(10-6-20)27-21-7-1-18(2-8-21)17-25(30)19-3-11-23(12-4-19)28-15-13-24(29)14-16-28/h1-12,24,27,29H,13-17,26H2. The Morgan fingerprint density at radius 1 is 0.900 bits per heavy atom. The van der Waals surface area contributed by atoms with E-state index in [0.717, 1.165) is 59.8 Å². The first-order valence-corrected chi connectivity index (χ1v) is 10.3. The normalized spacial score (nSPS) is 14.5. The van der Waals surface area contributed by atoms with Crippen LogP contribution in [0.4, 0.5) is 22.7 Å². The second-order valence-corrected chi connectivity index (χ2v) is 7.81. The number of nitrogens with two attached hydrogens (primary N) is 1. The van der Waals surface area contributed by atoms with Crippen LogP contribution in [-0.2, 0) is 6.42 Å². The summed E-state index contributed by atoms with van der Waals surface area (Å²) in [5.74, 6) is 0.106. The maximum Gasteiger partial charge on any atom is 0.167 e. The summed E-state index contributed by atoms with van der Waals surface area (Å²) in [6.45, 7) is 1.70. The fraction of sp³-hybridized carbons (Fsp3) is 0.240. The molecule has 1 saturated heterocycles. The minimum atomic E-state index is -0.185. The number of ketones is 1. The van der Waals surface area contributed by atoms with Crippen LogP contribution < -0.4 is 16.0 Å². The molecule has 4 rings (SSSR count). The molecule has 3 aromatic carbocycles. The number of Topliss-reactive ketones (excluding diaryl/α,β-unsaturated/α-hetero) is 1. The number of aliphatic hydroxyl groups is 1. The molecule has 0 amide bonds. The average molecular weight is 402 g/mol. The van der Waals surface area contributed by atoms with E-state index in [1.807, 2.05) is 72.8 Å². The molecular weight excluding hydrogens is 374 g/mol. The van der Waals surface area contributed by atoms with Crippen LogP contribution in [0.1, 0.15) is 28.8 Å². The Balaban J connectivity index is 1.34. The third kappa shape index (κ3) is 4.99. The van der Waals surface area contributed by atoms with Gasteiger partial charge in [-0.1, -0.05) is 12.1 Å². The first kappa shape index (κ1) is 20.0. The second kappa shape index (κ2) is 9.01. The van der Waals surface area contributed by atoms with Crippen LogP contribution >= 0.6 is 0 Å². The van der Waals surface area contributed by atoms with Crippen molar-refractivity contribution >= 4 is 28.5 Å². The van der Waals surface area contributed by atoms with Crippen LogP contribution in [0, 0.1) is 0 Å². The van der Waals surface area contributed by atoms with E-state index >= 15 is 0 Å². The van der Waals surface area contributed by atoms with Crippen molar-refractivity contribution in [1.82, 2.24) is 0 Å². The van der Waals surface area contributed by atoms with Crippen molar-refractivity contribution in [2.75, 3.05) is 29.0 Å². The second-order valence-electron chi connectivity index (χ2n) is 7.81. The molecule has 0 atom stereocenters. The Hall–Kier alpha value is -3.31. The SMILES string of the molecule is Nc1ccc(Nc2ccc(CC(=O)c3ccc(N4CCC(O)CC4)cc3)cc2)cc1. The predicted octanol–water partition coefficient (Wildman–Crippen LogP) is 4.40. The van der Waals surface area contributed by atoms with Crippen LogP contribution in [0.3, 0.4) is 0 Å². The first-order valence-electron chi connectivity index (χ1n) is 10.3. The lowest BCUT2D eigenvalue weighted by Crippen LogP contribution is -2.35. The number of aliphatic hydroxyl groups excluding tert-OH is 1. The molecule has 0 aromatic heterocycles. The lowest BCUT2D eigenvalue weighted by molar-refractivity contribution is 0.0993. The highest BCUT2D eigenvalue weighted by atomic mass is 16.3. The molecule has 0 saturated carbocycles. The molecular formula is C25H27N3O2. The summed E-state index contributed by atoms with van der Waals surface area (Å²) in [5.41, 5.74) is 11.2. The highest BCUT2D eigenvalue weighted by Gasteiger charge is 2.17. The van der Waals surface area contributed by atoms with E-state index in [-0.39, 0.29) is 11.9 Å². The van der Waals surface area contributed by atoms with Crippen LogP contribution in [-0.4, -0.2) is 30.1 Å². The van der Waals surface area contributed by atoms with Gasteiger partial charge in [0.05, 0.1) is 6.10 Å². The summed E-state index contributed by atoms with van der Waals surface area (Å²) in [6.07, 6.45) is 1.78. The highest BCUT2D eigenvalue weighted by molar-refractivity contribution is 5.97. The van der Waals surface area contributed by atoms with Gasteiger partial charge in [0.2, 0.25) is 0 Å². The minimum Gasteiger partial charge on any atom is -0.399 e. The molecule has 5 nitrogen and oxygen atoms in total. The predicted molar refractivity (Wildman–Crippen MR) is 123 cm³/mol. The lowest BCUT2D eigenvalue weighted by atomic mass is 10.0. The van der Waals surface area contributed by atoms with Gasteiger partial charge in [-0.05, 0) is 79.1 Å². The molecule has 154 valence electrons. The lowest BCUT2D eigenvalue weighted by Gasteiger charge is -2.31. The molecule has 1 aliphatic rings. The van der Waals surface area contributed by atoms with Crippen LogP contribution in [0.5, 0.6) is 0 Å². The molecule has 0 aliphatic carbocycles. The van der Waals surface area contributed by atoms with E-state index in [2.05, 4.69) is 10.2 Å². The maximum atomic E-state index is 12.7. The third-order valence-corrected chi connectivity index (χ3v) is 5.54. The van der Waals surface area contributed by atoms with Crippen molar-refractivity contribution in [2.24, 2.45) is 0 Å². The van der Waals surface area contributed by atoms with Crippen molar-refractivity contribution in [2.45, 2.75) is 25.4 Å². The summed E-state index contributed by atoms with van der Waals surface area (Å²) in [6, 6.07) is 23.3. The molecule has 5 heteroatoms. The summed E-state index contributed by atoms with van der Waals surface area (Å²) in [5, 5.41) is 13.0. The molecule has 0 unspecified atom stereocenters. The van der Waals surface area contributed by atoms with E-state index < -0.39 is 0 Å². The number of nitrogens with zero attached hydrogens (tertiary/aromatic N) is 1. The first-order chi connectivity index (χ1) is 14.6. The van der Waals surface area contributed by atoms with Crippen LogP contribution in [0.15, 0.2) is 72.8 Å². The van der Waals surface area contributed by atoms with E-state index in [4.69, 9.17) is 5.73 Å². The van der Waals surface area contributed by atoms with E-state index in [9.17, 15) is 9.90 Å². The van der Waals surface area contributed by atoms with E-state index in [1.54, 1.807) is 0 Å². The number of piperidine rings is 1. The number of anilines is 4. The Morgan fingerprint density at radius 3 is 2.07 bits per heavy atom. The zero-order chi connectivity index (χ0) is 20.9. The quantitative estimate of drug-likeness (QED) is 0.421. The van der Waals surface area contributed by atoms with Crippen LogP contribution in [0.2, 0.25) is 0 Å². The molecule has 4 N–H and O–H groups in total. The largest absolute Gasteiger partial charge is 0.399 e. The number of carbonyl (C=O) groups excluding carboxylic acids is 1. The van der Waals surface area contributed by atoms with Crippen molar-refractivity contribution in [3.8, 4) is 0 Å². The summed E-state index contributed by atoms with van der Waals surface area (Å²) in [4.78, 5) is 14.9. The van der Waals surface area contributed by atoms with Crippen LogP contribution in [0.25, 0.3) is 0 Å². The maximum absolute atomic E-state index is 12.7. The van der Waals surface area contributed by atoms with Gasteiger partial charge in [-0.3, -0.25) is 4.79 Å². The van der Waals surface area contributed by atoms with Crippen molar-refractivity contribution in [1.29, 1.82) is 0 Å². The Kier molecular flexibility index (Phi) is 6.00. The molecule has 1 aliphatic heterocycles. The number of hydrogen-bond donors (Lipinski definition) is 3. The Bertz CT molecular complexity index is 974. The van der Waals surface area contributed by atoms with Gasteiger partial charge in [-0.2, -0.15) is 0 Å². The third-order valence-electron chi connectivity index (χ3n) is 5.54. The fourth-order valence-corrected chi connectivity index (χ4v) is 3.71. The zero-order valence-electron chi connectivity index (χ0n) is 16.9. The van der Waals surface area contributed by atoms with Gasteiger partial charge in [0.1, 0.15) is 0 Å². The average Bonchev–Trinajstić information content (AvgIpc) is 2.77. The van der Waals surface area contributed by atoms with E-state index in [1.165, 1.54) is 0 Å². The number of hydrogen-bond acceptors (Lipinski definition) is 5. The molecule has 0 bridgehead atoms.